The topological polar surface area (TPSA) is 40.5 Å². The zero-order valence-electron chi connectivity index (χ0n) is 11.3. The predicted molar refractivity (Wildman–Crippen MR) is 70.1 cm³/mol. The van der Waals surface area contributed by atoms with E-state index in [1.807, 2.05) is 0 Å². The molecule has 1 rings (SSSR count). The SMILES string of the molecule is CN(CCC(F)(F)F)Cc1ccc(C=CC(=O)O)cc1F. The molecule has 0 spiro atoms. The van der Waals surface area contributed by atoms with Crippen molar-refractivity contribution in [2.24, 2.45) is 0 Å². The molecule has 0 aromatic heterocycles. The molecule has 0 aliphatic rings. The van der Waals surface area contributed by atoms with E-state index in [1.54, 1.807) is 0 Å². The largest absolute Gasteiger partial charge is 0.478 e. The molecule has 116 valence electrons. The quantitative estimate of drug-likeness (QED) is 0.647. The van der Waals surface area contributed by atoms with Crippen LogP contribution in [0.3, 0.4) is 0 Å². The Balaban J connectivity index is 2.66. The van der Waals surface area contributed by atoms with E-state index in [9.17, 15) is 22.4 Å². The molecular weight excluding hydrogens is 290 g/mol. The van der Waals surface area contributed by atoms with Gasteiger partial charge in [-0.2, -0.15) is 13.2 Å². The van der Waals surface area contributed by atoms with Crippen LogP contribution in [0.25, 0.3) is 6.08 Å². The average Bonchev–Trinajstić information content (AvgIpc) is 2.36. The summed E-state index contributed by atoms with van der Waals surface area (Å²) >= 11 is 0. The zero-order chi connectivity index (χ0) is 16.0. The summed E-state index contributed by atoms with van der Waals surface area (Å²) in [5, 5.41) is 8.46. The van der Waals surface area contributed by atoms with Crippen molar-refractivity contribution in [1.29, 1.82) is 0 Å². The molecule has 0 saturated heterocycles. The fraction of sp³-hybridized carbons (Fsp3) is 0.357. The lowest BCUT2D eigenvalue weighted by Gasteiger charge is -2.18. The molecular formula is C14H15F4NO2. The Morgan fingerprint density at radius 3 is 2.57 bits per heavy atom. The Morgan fingerprint density at radius 1 is 1.38 bits per heavy atom. The van der Waals surface area contributed by atoms with Crippen molar-refractivity contribution < 1.29 is 27.5 Å². The summed E-state index contributed by atoms with van der Waals surface area (Å²) in [5.74, 6) is -1.73. The van der Waals surface area contributed by atoms with Crippen molar-refractivity contribution in [3.05, 3.63) is 41.2 Å². The lowest BCUT2D eigenvalue weighted by molar-refractivity contribution is -0.137. The van der Waals surface area contributed by atoms with Gasteiger partial charge in [0.25, 0.3) is 0 Å². The van der Waals surface area contributed by atoms with Gasteiger partial charge in [0, 0.05) is 24.7 Å². The number of halogens is 4. The van der Waals surface area contributed by atoms with E-state index >= 15 is 0 Å². The Morgan fingerprint density at radius 2 is 2.05 bits per heavy atom. The minimum Gasteiger partial charge on any atom is -0.478 e. The first-order chi connectivity index (χ1) is 9.67. The van der Waals surface area contributed by atoms with Crippen LogP contribution in [0.1, 0.15) is 17.5 Å². The van der Waals surface area contributed by atoms with Crippen LogP contribution in [0.2, 0.25) is 0 Å². The number of nitrogens with zero attached hydrogens (tertiary/aromatic N) is 1. The summed E-state index contributed by atoms with van der Waals surface area (Å²) in [5.41, 5.74) is 0.628. The van der Waals surface area contributed by atoms with Gasteiger partial charge in [0.05, 0.1) is 6.42 Å². The van der Waals surface area contributed by atoms with Gasteiger partial charge in [-0.25, -0.2) is 9.18 Å². The Kier molecular flexibility index (Phi) is 5.90. The van der Waals surface area contributed by atoms with E-state index in [1.165, 1.54) is 30.2 Å². The van der Waals surface area contributed by atoms with E-state index in [0.29, 0.717) is 5.56 Å². The molecule has 0 bridgehead atoms. The number of alkyl halides is 3. The van der Waals surface area contributed by atoms with Crippen LogP contribution in [0, 0.1) is 5.82 Å². The Bertz CT molecular complexity index is 526. The van der Waals surface area contributed by atoms with Gasteiger partial charge >= 0.3 is 12.1 Å². The van der Waals surface area contributed by atoms with Crippen LogP contribution in [-0.4, -0.2) is 35.7 Å². The third kappa shape index (κ3) is 6.89. The third-order valence-corrected chi connectivity index (χ3v) is 2.71. The van der Waals surface area contributed by atoms with Gasteiger partial charge in [0.15, 0.2) is 0 Å². The first-order valence-electron chi connectivity index (χ1n) is 6.12. The summed E-state index contributed by atoms with van der Waals surface area (Å²) in [6.45, 7) is -0.172. The molecule has 21 heavy (non-hydrogen) atoms. The first-order valence-corrected chi connectivity index (χ1v) is 6.12. The monoisotopic (exact) mass is 305 g/mol. The summed E-state index contributed by atoms with van der Waals surface area (Å²) in [4.78, 5) is 11.7. The summed E-state index contributed by atoms with van der Waals surface area (Å²) in [6, 6.07) is 4.09. The van der Waals surface area contributed by atoms with Crippen molar-refractivity contribution >= 4 is 12.0 Å². The number of aliphatic carboxylic acids is 1. The lowest BCUT2D eigenvalue weighted by atomic mass is 10.1. The molecule has 0 unspecified atom stereocenters. The Hall–Kier alpha value is -1.89. The maximum Gasteiger partial charge on any atom is 0.390 e. The smallest absolute Gasteiger partial charge is 0.390 e. The molecule has 0 amide bonds. The van der Waals surface area contributed by atoms with Gasteiger partial charge in [0.2, 0.25) is 0 Å². The average molecular weight is 305 g/mol. The highest BCUT2D eigenvalue weighted by Crippen LogP contribution is 2.20. The third-order valence-electron chi connectivity index (χ3n) is 2.71. The van der Waals surface area contributed by atoms with Crippen LogP contribution in [0.15, 0.2) is 24.3 Å². The number of rotatable bonds is 6. The van der Waals surface area contributed by atoms with Gasteiger partial charge in [-0.1, -0.05) is 12.1 Å². The first kappa shape index (κ1) is 17.2. The molecule has 0 aliphatic heterocycles. The van der Waals surface area contributed by atoms with Crippen molar-refractivity contribution in [3.63, 3.8) is 0 Å². The van der Waals surface area contributed by atoms with Crippen molar-refractivity contribution in [2.75, 3.05) is 13.6 Å². The van der Waals surface area contributed by atoms with Gasteiger partial charge in [-0.15, -0.1) is 0 Å². The second-order valence-electron chi connectivity index (χ2n) is 4.63. The van der Waals surface area contributed by atoms with Crippen molar-refractivity contribution in [3.8, 4) is 0 Å². The highest BCUT2D eigenvalue weighted by atomic mass is 19.4. The minimum absolute atomic E-state index is 0.0465. The van der Waals surface area contributed by atoms with E-state index in [2.05, 4.69) is 0 Å². The number of carboxylic acid groups (broad SMARTS) is 1. The second-order valence-corrected chi connectivity index (χ2v) is 4.63. The zero-order valence-corrected chi connectivity index (χ0v) is 11.3. The van der Waals surface area contributed by atoms with Crippen LogP contribution < -0.4 is 0 Å². The molecule has 0 aliphatic carbocycles. The highest BCUT2D eigenvalue weighted by molar-refractivity contribution is 5.85. The van der Waals surface area contributed by atoms with Crippen LogP contribution in [0.4, 0.5) is 17.6 Å². The predicted octanol–water partition coefficient (Wildman–Crippen LogP) is 3.31. The maximum atomic E-state index is 13.8. The highest BCUT2D eigenvalue weighted by Gasteiger charge is 2.27. The summed E-state index contributed by atoms with van der Waals surface area (Å²) < 4.78 is 50.0. The summed E-state index contributed by atoms with van der Waals surface area (Å²) in [6.07, 6.45) is -3.07. The fourth-order valence-corrected chi connectivity index (χ4v) is 1.65. The standard InChI is InChI=1S/C14H15F4NO2/c1-19(7-6-14(16,17)18)9-11-4-2-10(8-12(11)15)3-5-13(20)21/h2-5,8H,6-7,9H2,1H3,(H,20,21). The molecule has 0 fully saturated rings. The molecule has 7 heteroatoms. The van der Waals surface area contributed by atoms with Gasteiger partial charge in [0.1, 0.15) is 5.82 Å². The van der Waals surface area contributed by atoms with E-state index < -0.39 is 24.4 Å². The summed E-state index contributed by atoms with van der Waals surface area (Å²) in [7, 11) is 1.48. The van der Waals surface area contributed by atoms with Crippen LogP contribution in [0.5, 0.6) is 0 Å². The maximum absolute atomic E-state index is 13.8. The molecule has 0 heterocycles. The number of hydrogen-bond donors (Lipinski definition) is 1. The van der Waals surface area contributed by atoms with Crippen LogP contribution in [-0.2, 0) is 11.3 Å². The normalized spacial score (nSPS) is 12.3. The van der Waals surface area contributed by atoms with Gasteiger partial charge < -0.3 is 10.0 Å². The number of carbonyl (C=O) groups is 1. The molecule has 1 aromatic rings. The lowest BCUT2D eigenvalue weighted by Crippen LogP contribution is -2.24. The van der Waals surface area contributed by atoms with E-state index in [4.69, 9.17) is 5.11 Å². The molecule has 0 atom stereocenters. The van der Waals surface area contributed by atoms with Crippen molar-refractivity contribution in [2.45, 2.75) is 19.1 Å². The van der Waals surface area contributed by atoms with Crippen LogP contribution >= 0.6 is 0 Å². The fourth-order valence-electron chi connectivity index (χ4n) is 1.65. The number of benzene rings is 1. The minimum atomic E-state index is -4.24. The van der Waals surface area contributed by atoms with Crippen molar-refractivity contribution in [1.82, 2.24) is 4.90 Å². The molecule has 0 radical (unpaired) electrons. The molecule has 1 N–H and O–H groups in total. The van der Waals surface area contributed by atoms with Gasteiger partial charge in [-0.3, -0.25) is 0 Å². The van der Waals surface area contributed by atoms with Gasteiger partial charge in [-0.05, 0) is 24.8 Å². The molecule has 0 saturated carbocycles. The van der Waals surface area contributed by atoms with E-state index in [-0.39, 0.29) is 18.7 Å². The Labute approximate surface area is 119 Å². The second kappa shape index (κ2) is 7.21. The number of carboxylic acids is 1. The van der Waals surface area contributed by atoms with E-state index in [0.717, 1.165) is 12.1 Å². The molecule has 3 nitrogen and oxygen atoms in total. The molecule has 1 aromatic carbocycles. The number of hydrogen-bond acceptors (Lipinski definition) is 2.